The third kappa shape index (κ3) is 3.74. The van der Waals surface area contributed by atoms with E-state index in [-0.39, 0.29) is 21.5 Å². The average Bonchev–Trinajstić information content (AvgIpc) is 3.14. The number of ether oxygens (including phenoxy) is 2. The van der Waals surface area contributed by atoms with Crippen molar-refractivity contribution in [3.05, 3.63) is 71.4 Å². The summed E-state index contributed by atoms with van der Waals surface area (Å²) in [6, 6.07) is 14.4. The van der Waals surface area contributed by atoms with Crippen LogP contribution in [0.5, 0.6) is 11.5 Å². The zero-order valence-corrected chi connectivity index (χ0v) is 15.1. The van der Waals surface area contributed by atoms with Crippen molar-refractivity contribution in [2.24, 2.45) is 0 Å². The highest BCUT2D eigenvalue weighted by Gasteiger charge is 2.24. The highest BCUT2D eigenvalue weighted by atomic mass is 35.5. The maximum Gasteiger partial charge on any atom is 0.379 e. The van der Waals surface area contributed by atoms with Gasteiger partial charge in [0.2, 0.25) is 20.7 Å². The van der Waals surface area contributed by atoms with E-state index in [4.69, 9.17) is 25.5 Å². The van der Waals surface area contributed by atoms with E-state index in [1.54, 1.807) is 24.3 Å². The second-order valence-electron chi connectivity index (χ2n) is 5.14. The van der Waals surface area contributed by atoms with Gasteiger partial charge in [0.05, 0.1) is 12.0 Å². The lowest BCUT2D eigenvalue weighted by Crippen LogP contribution is -2.07. The van der Waals surface area contributed by atoms with Crippen molar-refractivity contribution in [2.45, 2.75) is 9.99 Å². The summed E-state index contributed by atoms with van der Waals surface area (Å²) in [4.78, 5) is 12.1. The first-order chi connectivity index (χ1) is 12.4. The molecule has 6 nitrogen and oxygen atoms in total. The van der Waals surface area contributed by atoms with Crippen molar-refractivity contribution in [3.63, 3.8) is 0 Å². The Morgan fingerprint density at radius 1 is 0.923 bits per heavy atom. The number of benzene rings is 2. The van der Waals surface area contributed by atoms with Crippen LogP contribution in [0.3, 0.4) is 0 Å². The van der Waals surface area contributed by atoms with Gasteiger partial charge in [-0.1, -0.05) is 11.6 Å². The SMILES string of the molecule is COc1ccc(OC(=O)c2ccc(S(=O)(=O)c3ccc(Cl)cc3)o2)cc1. The molecule has 0 amide bonds. The first-order valence-corrected chi connectivity index (χ1v) is 9.23. The van der Waals surface area contributed by atoms with Crippen LogP contribution in [0.2, 0.25) is 5.02 Å². The van der Waals surface area contributed by atoms with Crippen molar-refractivity contribution in [1.29, 1.82) is 0 Å². The summed E-state index contributed by atoms with van der Waals surface area (Å²) in [5, 5.41) is 0.0497. The van der Waals surface area contributed by atoms with Gasteiger partial charge in [0.1, 0.15) is 11.5 Å². The van der Waals surface area contributed by atoms with Gasteiger partial charge in [-0.25, -0.2) is 13.2 Å². The Kier molecular flexibility index (Phi) is 5.01. The minimum atomic E-state index is -3.90. The molecule has 0 spiro atoms. The molecule has 0 saturated heterocycles. The molecule has 3 rings (SSSR count). The standard InChI is InChI=1S/C18H13ClO6S/c1-23-13-4-6-14(7-5-13)24-18(20)16-10-11-17(25-16)26(21,22)15-8-2-12(19)3-9-15/h2-11H,1H3. The van der Waals surface area contributed by atoms with Crippen molar-refractivity contribution in [2.75, 3.05) is 7.11 Å². The van der Waals surface area contributed by atoms with Crippen LogP contribution < -0.4 is 9.47 Å². The molecule has 26 heavy (non-hydrogen) atoms. The predicted octanol–water partition coefficient (Wildman–Crippen LogP) is 3.99. The molecule has 0 aliphatic carbocycles. The van der Waals surface area contributed by atoms with E-state index in [1.165, 1.54) is 43.5 Å². The molecule has 0 aliphatic heterocycles. The van der Waals surface area contributed by atoms with Crippen LogP contribution in [0.1, 0.15) is 10.6 Å². The summed E-state index contributed by atoms with van der Waals surface area (Å²) >= 11 is 5.76. The molecule has 1 aromatic heterocycles. The van der Waals surface area contributed by atoms with Gasteiger partial charge in [-0.3, -0.25) is 0 Å². The molecule has 0 bridgehead atoms. The Balaban J connectivity index is 1.80. The maximum atomic E-state index is 12.5. The lowest BCUT2D eigenvalue weighted by Gasteiger charge is -2.04. The number of methoxy groups -OCH3 is 1. The molecule has 0 saturated carbocycles. The molecular formula is C18H13ClO6S. The topological polar surface area (TPSA) is 82.8 Å². The van der Waals surface area contributed by atoms with Crippen LogP contribution in [0.4, 0.5) is 0 Å². The number of furan rings is 1. The summed E-state index contributed by atoms with van der Waals surface area (Å²) in [6.45, 7) is 0. The monoisotopic (exact) mass is 392 g/mol. The Morgan fingerprint density at radius 3 is 2.15 bits per heavy atom. The Morgan fingerprint density at radius 2 is 1.54 bits per heavy atom. The molecule has 134 valence electrons. The number of rotatable bonds is 5. The van der Waals surface area contributed by atoms with Gasteiger partial charge in [0.15, 0.2) is 0 Å². The minimum Gasteiger partial charge on any atom is -0.497 e. The highest BCUT2D eigenvalue weighted by molar-refractivity contribution is 7.91. The van der Waals surface area contributed by atoms with Crippen LogP contribution in [0.15, 0.2) is 75.1 Å². The summed E-state index contributed by atoms with van der Waals surface area (Å²) in [7, 11) is -2.38. The first-order valence-electron chi connectivity index (χ1n) is 7.37. The average molecular weight is 393 g/mol. The molecule has 8 heteroatoms. The van der Waals surface area contributed by atoms with Crippen LogP contribution in [-0.2, 0) is 9.84 Å². The molecule has 0 unspecified atom stereocenters. The Bertz CT molecular complexity index is 1020. The molecule has 0 radical (unpaired) electrons. The van der Waals surface area contributed by atoms with Crippen molar-refractivity contribution < 1.29 is 27.1 Å². The van der Waals surface area contributed by atoms with Crippen molar-refractivity contribution >= 4 is 27.4 Å². The number of hydrogen-bond acceptors (Lipinski definition) is 6. The van der Waals surface area contributed by atoms with E-state index in [0.717, 1.165) is 0 Å². The number of carbonyl (C=O) groups excluding carboxylic acids is 1. The second-order valence-corrected chi connectivity index (χ2v) is 7.46. The lowest BCUT2D eigenvalue weighted by molar-refractivity contribution is 0.0695. The van der Waals surface area contributed by atoms with E-state index in [0.29, 0.717) is 10.8 Å². The van der Waals surface area contributed by atoms with E-state index in [1.807, 2.05) is 0 Å². The molecule has 2 aromatic carbocycles. The summed E-state index contributed by atoms with van der Waals surface area (Å²) in [6.07, 6.45) is 0. The zero-order valence-electron chi connectivity index (χ0n) is 13.5. The number of sulfone groups is 1. The lowest BCUT2D eigenvalue weighted by atomic mass is 10.3. The van der Waals surface area contributed by atoms with Gasteiger partial charge in [-0.05, 0) is 60.7 Å². The number of hydrogen-bond donors (Lipinski definition) is 0. The summed E-state index contributed by atoms with van der Waals surface area (Å²) < 4.78 is 40.4. The molecular weight excluding hydrogens is 380 g/mol. The number of carbonyl (C=O) groups is 1. The maximum absolute atomic E-state index is 12.5. The molecule has 0 fully saturated rings. The smallest absolute Gasteiger partial charge is 0.379 e. The van der Waals surface area contributed by atoms with Gasteiger partial charge in [0.25, 0.3) is 0 Å². The zero-order chi connectivity index (χ0) is 18.7. The van der Waals surface area contributed by atoms with Crippen LogP contribution in [0, 0.1) is 0 Å². The van der Waals surface area contributed by atoms with Crippen LogP contribution in [0.25, 0.3) is 0 Å². The molecule has 0 atom stereocenters. The van der Waals surface area contributed by atoms with Gasteiger partial charge in [-0.2, -0.15) is 0 Å². The van der Waals surface area contributed by atoms with Gasteiger partial charge >= 0.3 is 5.97 Å². The van der Waals surface area contributed by atoms with Crippen molar-refractivity contribution in [1.82, 2.24) is 0 Å². The molecule has 1 heterocycles. The van der Waals surface area contributed by atoms with Gasteiger partial charge in [-0.15, -0.1) is 0 Å². The first kappa shape index (κ1) is 18.0. The molecule has 0 aliphatic rings. The van der Waals surface area contributed by atoms with E-state index >= 15 is 0 Å². The van der Waals surface area contributed by atoms with Crippen molar-refractivity contribution in [3.8, 4) is 11.5 Å². The summed E-state index contributed by atoms with van der Waals surface area (Å²) in [5.41, 5.74) is 0. The largest absolute Gasteiger partial charge is 0.497 e. The van der Waals surface area contributed by atoms with E-state index in [9.17, 15) is 13.2 Å². The minimum absolute atomic E-state index is 0.00585. The fraction of sp³-hybridized carbons (Fsp3) is 0.0556. The molecule has 3 aromatic rings. The fourth-order valence-corrected chi connectivity index (χ4v) is 3.40. The highest BCUT2D eigenvalue weighted by Crippen LogP contribution is 2.25. The van der Waals surface area contributed by atoms with E-state index < -0.39 is 15.8 Å². The summed E-state index contributed by atoms with van der Waals surface area (Å²) in [5.74, 6) is -0.158. The molecule has 0 N–H and O–H groups in total. The quantitative estimate of drug-likeness (QED) is 0.482. The third-order valence-electron chi connectivity index (χ3n) is 3.44. The Hall–Kier alpha value is -2.77. The van der Waals surface area contributed by atoms with Gasteiger partial charge in [0, 0.05) is 5.02 Å². The second kappa shape index (κ2) is 7.23. The Labute approximate surface area is 154 Å². The third-order valence-corrected chi connectivity index (χ3v) is 5.34. The number of halogens is 1. The fourth-order valence-electron chi connectivity index (χ4n) is 2.11. The van der Waals surface area contributed by atoms with Crippen LogP contribution in [-0.4, -0.2) is 21.5 Å². The number of esters is 1. The van der Waals surface area contributed by atoms with Crippen LogP contribution >= 0.6 is 11.6 Å². The van der Waals surface area contributed by atoms with E-state index in [2.05, 4.69) is 0 Å². The van der Waals surface area contributed by atoms with Gasteiger partial charge < -0.3 is 13.9 Å². The predicted molar refractivity (Wildman–Crippen MR) is 93.6 cm³/mol. The normalized spacial score (nSPS) is 11.2.